The summed E-state index contributed by atoms with van der Waals surface area (Å²) < 4.78 is 23.3. The van der Waals surface area contributed by atoms with Gasteiger partial charge in [0.2, 0.25) is 5.88 Å². The van der Waals surface area contributed by atoms with Crippen LogP contribution in [0.4, 0.5) is 4.39 Å². The van der Waals surface area contributed by atoms with E-state index in [1.54, 1.807) is 13.0 Å². The van der Waals surface area contributed by atoms with Gasteiger partial charge in [0, 0.05) is 12.3 Å². The number of amides is 2. The quantitative estimate of drug-likeness (QED) is 0.781. The summed E-state index contributed by atoms with van der Waals surface area (Å²) >= 11 is 0. The lowest BCUT2D eigenvalue weighted by molar-refractivity contribution is -0.123. The maximum atomic E-state index is 13.0. The molecule has 0 atom stereocenters. The lowest BCUT2D eigenvalue weighted by atomic mass is 10.2. The Balaban J connectivity index is 1.84. The topological polar surface area (TPSA) is 89.5 Å². The molecule has 0 saturated carbocycles. The third kappa shape index (κ3) is 4.94. The standard InChI is InChI=1S/C16H16FN3O4/c1-2-23-16-13(7-4-8-18-16)15(22)20-19-14(21)10-24-12-6-3-5-11(17)9-12/h3-9H,2,10H2,1H3,(H,19,21)(H,20,22). The first kappa shape index (κ1) is 17.2. The largest absolute Gasteiger partial charge is 0.484 e. The molecule has 0 aliphatic rings. The van der Waals surface area contributed by atoms with Crippen LogP contribution < -0.4 is 20.3 Å². The van der Waals surface area contributed by atoms with E-state index in [0.29, 0.717) is 6.61 Å². The number of ether oxygens (including phenoxy) is 2. The smallest absolute Gasteiger partial charge is 0.276 e. The zero-order chi connectivity index (χ0) is 17.4. The van der Waals surface area contributed by atoms with E-state index in [0.717, 1.165) is 6.07 Å². The summed E-state index contributed by atoms with van der Waals surface area (Å²) in [6, 6.07) is 8.48. The molecule has 0 saturated heterocycles. The van der Waals surface area contributed by atoms with Crippen molar-refractivity contribution in [1.82, 2.24) is 15.8 Å². The molecule has 8 heteroatoms. The van der Waals surface area contributed by atoms with E-state index in [2.05, 4.69) is 15.8 Å². The second-order valence-corrected chi connectivity index (χ2v) is 4.54. The number of benzene rings is 1. The number of hydrogen-bond acceptors (Lipinski definition) is 5. The van der Waals surface area contributed by atoms with E-state index in [-0.39, 0.29) is 23.8 Å². The van der Waals surface area contributed by atoms with Crippen LogP contribution in [0.25, 0.3) is 0 Å². The zero-order valence-corrected chi connectivity index (χ0v) is 12.9. The fraction of sp³-hybridized carbons (Fsp3) is 0.188. The number of carbonyl (C=O) groups is 2. The van der Waals surface area contributed by atoms with Crippen molar-refractivity contribution in [2.75, 3.05) is 13.2 Å². The number of aromatic nitrogens is 1. The summed E-state index contributed by atoms with van der Waals surface area (Å²) in [5, 5.41) is 0. The molecule has 1 aromatic heterocycles. The fourth-order valence-corrected chi connectivity index (χ4v) is 1.75. The number of nitrogens with one attached hydrogen (secondary N) is 2. The highest BCUT2D eigenvalue weighted by atomic mass is 19.1. The van der Waals surface area contributed by atoms with Gasteiger partial charge >= 0.3 is 0 Å². The summed E-state index contributed by atoms with van der Waals surface area (Å²) in [5.74, 6) is -1.27. The van der Waals surface area contributed by atoms with Crippen LogP contribution in [0.5, 0.6) is 11.6 Å². The van der Waals surface area contributed by atoms with Crippen molar-refractivity contribution in [2.24, 2.45) is 0 Å². The SMILES string of the molecule is CCOc1ncccc1C(=O)NNC(=O)COc1cccc(F)c1. The van der Waals surface area contributed by atoms with E-state index in [1.165, 1.54) is 30.5 Å². The first-order valence-corrected chi connectivity index (χ1v) is 7.15. The van der Waals surface area contributed by atoms with Crippen molar-refractivity contribution in [3.63, 3.8) is 0 Å². The number of rotatable bonds is 6. The van der Waals surface area contributed by atoms with Gasteiger partial charge in [-0.1, -0.05) is 6.07 Å². The van der Waals surface area contributed by atoms with Crippen LogP contribution in [0.2, 0.25) is 0 Å². The molecule has 2 amide bonds. The van der Waals surface area contributed by atoms with Crippen molar-refractivity contribution < 1.29 is 23.5 Å². The predicted molar refractivity (Wildman–Crippen MR) is 82.9 cm³/mol. The Bertz CT molecular complexity index is 724. The zero-order valence-electron chi connectivity index (χ0n) is 12.9. The molecule has 7 nitrogen and oxygen atoms in total. The fourth-order valence-electron chi connectivity index (χ4n) is 1.75. The Morgan fingerprint density at radius 3 is 2.75 bits per heavy atom. The second kappa shape index (κ2) is 8.47. The first-order valence-electron chi connectivity index (χ1n) is 7.15. The van der Waals surface area contributed by atoms with Gasteiger partial charge < -0.3 is 9.47 Å². The molecule has 2 aromatic rings. The highest BCUT2D eigenvalue weighted by molar-refractivity contribution is 5.97. The highest BCUT2D eigenvalue weighted by Gasteiger charge is 2.14. The Labute approximate surface area is 137 Å². The lowest BCUT2D eigenvalue weighted by Gasteiger charge is -2.11. The average molecular weight is 333 g/mol. The predicted octanol–water partition coefficient (Wildman–Crippen LogP) is 1.46. The van der Waals surface area contributed by atoms with Crippen LogP contribution in [-0.4, -0.2) is 30.0 Å². The lowest BCUT2D eigenvalue weighted by Crippen LogP contribution is -2.44. The Hall–Kier alpha value is -3.16. The average Bonchev–Trinajstić information content (AvgIpc) is 2.59. The number of pyridine rings is 1. The van der Waals surface area contributed by atoms with E-state index >= 15 is 0 Å². The van der Waals surface area contributed by atoms with Crippen LogP contribution >= 0.6 is 0 Å². The van der Waals surface area contributed by atoms with Crippen molar-refractivity contribution in [3.8, 4) is 11.6 Å². The van der Waals surface area contributed by atoms with Gasteiger partial charge in [-0.3, -0.25) is 20.4 Å². The summed E-state index contributed by atoms with van der Waals surface area (Å²) in [6.07, 6.45) is 1.49. The minimum absolute atomic E-state index is 0.169. The van der Waals surface area contributed by atoms with Gasteiger partial charge in [-0.05, 0) is 31.2 Å². The maximum absolute atomic E-state index is 13.0. The van der Waals surface area contributed by atoms with Crippen LogP contribution in [-0.2, 0) is 4.79 Å². The molecule has 0 bridgehead atoms. The van der Waals surface area contributed by atoms with E-state index in [9.17, 15) is 14.0 Å². The molecule has 0 fully saturated rings. The molecule has 24 heavy (non-hydrogen) atoms. The van der Waals surface area contributed by atoms with Gasteiger partial charge in [0.25, 0.3) is 11.8 Å². The van der Waals surface area contributed by atoms with Gasteiger partial charge in [0.1, 0.15) is 17.1 Å². The van der Waals surface area contributed by atoms with Gasteiger partial charge in [0.05, 0.1) is 6.61 Å². The van der Waals surface area contributed by atoms with Gasteiger partial charge in [-0.2, -0.15) is 0 Å². The molecule has 2 N–H and O–H groups in total. The minimum atomic E-state index is -0.602. The molecule has 126 valence electrons. The summed E-state index contributed by atoms with van der Waals surface area (Å²) in [7, 11) is 0. The molecule has 2 rings (SSSR count). The third-order valence-electron chi connectivity index (χ3n) is 2.78. The van der Waals surface area contributed by atoms with Crippen LogP contribution in [0.3, 0.4) is 0 Å². The normalized spacial score (nSPS) is 9.92. The van der Waals surface area contributed by atoms with E-state index in [1.807, 2.05) is 0 Å². The van der Waals surface area contributed by atoms with Crippen molar-refractivity contribution in [1.29, 1.82) is 0 Å². The monoisotopic (exact) mass is 333 g/mol. The van der Waals surface area contributed by atoms with Crippen LogP contribution in [0.1, 0.15) is 17.3 Å². The van der Waals surface area contributed by atoms with E-state index < -0.39 is 17.6 Å². The Morgan fingerprint density at radius 1 is 1.17 bits per heavy atom. The molecule has 0 aliphatic carbocycles. The van der Waals surface area contributed by atoms with E-state index in [4.69, 9.17) is 9.47 Å². The molecular formula is C16H16FN3O4. The van der Waals surface area contributed by atoms with Crippen molar-refractivity contribution in [3.05, 3.63) is 54.0 Å². The summed E-state index contributed by atoms with van der Waals surface area (Å²) in [5.41, 5.74) is 4.61. The van der Waals surface area contributed by atoms with Crippen LogP contribution in [0.15, 0.2) is 42.6 Å². The number of nitrogens with zero attached hydrogens (tertiary/aromatic N) is 1. The molecule has 0 aliphatic heterocycles. The third-order valence-corrected chi connectivity index (χ3v) is 2.78. The second-order valence-electron chi connectivity index (χ2n) is 4.54. The van der Waals surface area contributed by atoms with Gasteiger partial charge in [-0.15, -0.1) is 0 Å². The van der Waals surface area contributed by atoms with Crippen molar-refractivity contribution >= 4 is 11.8 Å². The Kier molecular flexibility index (Phi) is 6.07. The molecule has 1 aromatic carbocycles. The summed E-state index contributed by atoms with van der Waals surface area (Å²) in [6.45, 7) is 1.74. The van der Waals surface area contributed by atoms with Gasteiger partial charge in [-0.25, -0.2) is 9.37 Å². The number of hydrazine groups is 1. The first-order chi connectivity index (χ1) is 11.6. The molecule has 0 unspecified atom stereocenters. The number of halogens is 1. The molecule has 1 heterocycles. The maximum Gasteiger partial charge on any atom is 0.276 e. The van der Waals surface area contributed by atoms with Crippen LogP contribution in [0, 0.1) is 5.82 Å². The molecular weight excluding hydrogens is 317 g/mol. The summed E-state index contributed by atoms with van der Waals surface area (Å²) in [4.78, 5) is 27.6. The molecule has 0 spiro atoms. The number of carbonyl (C=O) groups excluding carboxylic acids is 2. The minimum Gasteiger partial charge on any atom is -0.484 e. The molecule has 0 radical (unpaired) electrons. The van der Waals surface area contributed by atoms with Crippen molar-refractivity contribution in [2.45, 2.75) is 6.92 Å². The van der Waals surface area contributed by atoms with Gasteiger partial charge in [0.15, 0.2) is 6.61 Å². The number of hydrogen-bond donors (Lipinski definition) is 2. The Morgan fingerprint density at radius 2 is 2.00 bits per heavy atom. The highest BCUT2D eigenvalue weighted by Crippen LogP contribution is 2.13.